The number of benzene rings is 2. The number of fused-ring (bicyclic) bond motifs is 1. The molecule has 21 heavy (non-hydrogen) atoms. The normalized spacial score (nSPS) is 10.8. The average Bonchev–Trinajstić information content (AvgIpc) is 2.91. The van der Waals surface area contributed by atoms with Gasteiger partial charge in [-0.05, 0) is 49.4 Å². The zero-order valence-electron chi connectivity index (χ0n) is 11.5. The SMILES string of the molecule is CCOc1ccc2[nH]cc(C(=O)c3ccc(F)cc3)c2c1. The fraction of sp³-hybridized carbons (Fsp3) is 0.118. The van der Waals surface area contributed by atoms with Crippen LogP contribution in [0.3, 0.4) is 0 Å². The number of hydrogen-bond donors (Lipinski definition) is 1. The number of H-pyrrole nitrogens is 1. The van der Waals surface area contributed by atoms with Gasteiger partial charge in [-0.2, -0.15) is 0 Å². The summed E-state index contributed by atoms with van der Waals surface area (Å²) in [6.07, 6.45) is 1.67. The molecule has 0 bridgehead atoms. The third kappa shape index (κ3) is 2.52. The van der Waals surface area contributed by atoms with Gasteiger partial charge >= 0.3 is 0 Å². The Hall–Kier alpha value is -2.62. The molecule has 0 radical (unpaired) electrons. The highest BCUT2D eigenvalue weighted by Crippen LogP contribution is 2.25. The lowest BCUT2D eigenvalue weighted by Gasteiger charge is -2.04. The van der Waals surface area contributed by atoms with Gasteiger partial charge in [0.2, 0.25) is 0 Å². The molecule has 1 heterocycles. The Morgan fingerprint density at radius 3 is 2.67 bits per heavy atom. The van der Waals surface area contributed by atoms with Gasteiger partial charge in [0, 0.05) is 28.2 Å². The van der Waals surface area contributed by atoms with E-state index < -0.39 is 0 Å². The molecule has 3 nitrogen and oxygen atoms in total. The van der Waals surface area contributed by atoms with E-state index in [4.69, 9.17) is 4.74 Å². The van der Waals surface area contributed by atoms with Gasteiger partial charge in [0.15, 0.2) is 5.78 Å². The van der Waals surface area contributed by atoms with E-state index in [9.17, 15) is 9.18 Å². The number of nitrogens with one attached hydrogen (secondary N) is 1. The predicted molar refractivity (Wildman–Crippen MR) is 79.3 cm³/mol. The zero-order valence-corrected chi connectivity index (χ0v) is 11.5. The number of ketones is 1. The van der Waals surface area contributed by atoms with E-state index in [0.29, 0.717) is 17.7 Å². The third-order valence-electron chi connectivity index (χ3n) is 3.32. The van der Waals surface area contributed by atoms with Crippen LogP contribution in [-0.4, -0.2) is 17.4 Å². The first kappa shape index (κ1) is 13.4. The molecule has 1 N–H and O–H groups in total. The second-order valence-electron chi connectivity index (χ2n) is 4.68. The first-order valence-electron chi connectivity index (χ1n) is 6.73. The Kier molecular flexibility index (Phi) is 3.44. The van der Waals surface area contributed by atoms with Crippen LogP contribution in [0.25, 0.3) is 10.9 Å². The highest BCUT2D eigenvalue weighted by atomic mass is 19.1. The smallest absolute Gasteiger partial charge is 0.195 e. The van der Waals surface area contributed by atoms with Crippen molar-refractivity contribution >= 4 is 16.7 Å². The van der Waals surface area contributed by atoms with E-state index in [2.05, 4.69) is 4.98 Å². The summed E-state index contributed by atoms with van der Waals surface area (Å²) < 4.78 is 18.4. The topological polar surface area (TPSA) is 42.1 Å². The molecule has 2 aromatic carbocycles. The minimum atomic E-state index is -0.357. The Labute approximate surface area is 121 Å². The van der Waals surface area contributed by atoms with Crippen molar-refractivity contribution in [3.8, 4) is 5.75 Å². The molecule has 3 rings (SSSR count). The van der Waals surface area contributed by atoms with Gasteiger partial charge in [-0.15, -0.1) is 0 Å². The quantitative estimate of drug-likeness (QED) is 0.737. The van der Waals surface area contributed by atoms with Gasteiger partial charge in [-0.1, -0.05) is 0 Å². The van der Waals surface area contributed by atoms with E-state index >= 15 is 0 Å². The lowest BCUT2D eigenvalue weighted by atomic mass is 10.0. The predicted octanol–water partition coefficient (Wildman–Crippen LogP) is 3.94. The highest BCUT2D eigenvalue weighted by Gasteiger charge is 2.14. The molecular formula is C17H14FNO2. The maximum absolute atomic E-state index is 12.9. The monoisotopic (exact) mass is 283 g/mol. The third-order valence-corrected chi connectivity index (χ3v) is 3.32. The fourth-order valence-electron chi connectivity index (χ4n) is 2.30. The summed E-state index contributed by atoms with van der Waals surface area (Å²) >= 11 is 0. The Balaban J connectivity index is 2.04. The van der Waals surface area contributed by atoms with Crippen LogP contribution < -0.4 is 4.74 Å². The van der Waals surface area contributed by atoms with Crippen molar-refractivity contribution in [3.63, 3.8) is 0 Å². The summed E-state index contributed by atoms with van der Waals surface area (Å²) in [5.41, 5.74) is 1.88. The zero-order chi connectivity index (χ0) is 14.8. The van der Waals surface area contributed by atoms with Gasteiger partial charge in [0.25, 0.3) is 0 Å². The molecule has 0 atom stereocenters. The van der Waals surface area contributed by atoms with Gasteiger partial charge in [-0.3, -0.25) is 4.79 Å². The first-order chi connectivity index (χ1) is 10.2. The molecule has 0 aliphatic rings. The minimum absolute atomic E-state index is 0.144. The molecule has 106 valence electrons. The number of aromatic amines is 1. The molecular weight excluding hydrogens is 269 g/mol. The number of carbonyl (C=O) groups is 1. The number of hydrogen-bond acceptors (Lipinski definition) is 2. The van der Waals surface area contributed by atoms with Crippen molar-refractivity contribution in [3.05, 3.63) is 65.6 Å². The van der Waals surface area contributed by atoms with Gasteiger partial charge in [-0.25, -0.2) is 4.39 Å². The largest absolute Gasteiger partial charge is 0.494 e. The number of aromatic nitrogens is 1. The van der Waals surface area contributed by atoms with E-state index in [-0.39, 0.29) is 11.6 Å². The average molecular weight is 283 g/mol. The van der Waals surface area contributed by atoms with Crippen molar-refractivity contribution in [1.29, 1.82) is 0 Å². The molecule has 3 aromatic rings. The Morgan fingerprint density at radius 1 is 1.19 bits per heavy atom. The highest BCUT2D eigenvalue weighted by molar-refractivity contribution is 6.16. The minimum Gasteiger partial charge on any atom is -0.494 e. The molecule has 0 saturated carbocycles. The van der Waals surface area contributed by atoms with Crippen molar-refractivity contribution in [2.45, 2.75) is 6.92 Å². The van der Waals surface area contributed by atoms with Crippen LogP contribution in [0, 0.1) is 5.82 Å². The summed E-state index contributed by atoms with van der Waals surface area (Å²) in [7, 11) is 0. The molecule has 0 fully saturated rings. The second-order valence-corrected chi connectivity index (χ2v) is 4.68. The number of ether oxygens (including phenoxy) is 1. The van der Waals surface area contributed by atoms with E-state index in [1.54, 1.807) is 6.20 Å². The summed E-state index contributed by atoms with van der Waals surface area (Å²) in [5.74, 6) is 0.219. The van der Waals surface area contributed by atoms with Gasteiger partial charge in [0.05, 0.1) is 6.61 Å². The van der Waals surface area contributed by atoms with Crippen molar-refractivity contribution in [2.75, 3.05) is 6.61 Å². The lowest BCUT2D eigenvalue weighted by Crippen LogP contribution is -2.00. The summed E-state index contributed by atoms with van der Waals surface area (Å²) in [5, 5.41) is 0.801. The number of halogens is 1. The van der Waals surface area contributed by atoms with E-state index in [0.717, 1.165) is 16.7 Å². The maximum atomic E-state index is 12.9. The van der Waals surface area contributed by atoms with Crippen molar-refractivity contribution in [1.82, 2.24) is 4.98 Å². The second kappa shape index (κ2) is 5.40. The van der Waals surface area contributed by atoms with Crippen LogP contribution in [0.5, 0.6) is 5.75 Å². The molecule has 0 amide bonds. The molecule has 0 saturated heterocycles. The van der Waals surface area contributed by atoms with Crippen LogP contribution >= 0.6 is 0 Å². The molecule has 4 heteroatoms. The standard InChI is InChI=1S/C17H14FNO2/c1-2-21-13-7-8-16-14(9-13)15(10-19-16)17(20)11-3-5-12(18)6-4-11/h3-10,19H,2H2,1H3. The van der Waals surface area contributed by atoms with Gasteiger partial charge < -0.3 is 9.72 Å². The number of rotatable bonds is 4. The maximum Gasteiger partial charge on any atom is 0.195 e. The van der Waals surface area contributed by atoms with E-state index in [1.807, 2.05) is 25.1 Å². The molecule has 1 aromatic heterocycles. The van der Waals surface area contributed by atoms with Crippen LogP contribution in [0.15, 0.2) is 48.7 Å². The van der Waals surface area contributed by atoms with Crippen LogP contribution in [0.1, 0.15) is 22.8 Å². The van der Waals surface area contributed by atoms with Crippen LogP contribution in [0.4, 0.5) is 4.39 Å². The number of carbonyl (C=O) groups excluding carboxylic acids is 1. The first-order valence-corrected chi connectivity index (χ1v) is 6.73. The van der Waals surface area contributed by atoms with Crippen molar-refractivity contribution in [2.24, 2.45) is 0 Å². The van der Waals surface area contributed by atoms with Crippen LogP contribution in [-0.2, 0) is 0 Å². The Bertz CT molecular complexity index is 790. The summed E-state index contributed by atoms with van der Waals surface area (Å²) in [6, 6.07) is 11.1. The molecule has 0 aliphatic heterocycles. The summed E-state index contributed by atoms with van der Waals surface area (Å²) in [6.45, 7) is 2.48. The van der Waals surface area contributed by atoms with Gasteiger partial charge in [0.1, 0.15) is 11.6 Å². The molecule has 0 unspecified atom stereocenters. The van der Waals surface area contributed by atoms with Crippen LogP contribution in [0.2, 0.25) is 0 Å². The molecule has 0 aliphatic carbocycles. The molecule has 0 spiro atoms. The lowest BCUT2D eigenvalue weighted by molar-refractivity contribution is 0.104. The summed E-state index contributed by atoms with van der Waals surface area (Å²) in [4.78, 5) is 15.6. The van der Waals surface area contributed by atoms with E-state index in [1.165, 1.54) is 24.3 Å². The van der Waals surface area contributed by atoms with Crippen molar-refractivity contribution < 1.29 is 13.9 Å². The Morgan fingerprint density at radius 2 is 1.95 bits per heavy atom. The fourth-order valence-corrected chi connectivity index (χ4v) is 2.30.